The van der Waals surface area contributed by atoms with Crippen molar-refractivity contribution < 1.29 is 9.47 Å². The molecule has 2 aliphatic heterocycles. The summed E-state index contributed by atoms with van der Waals surface area (Å²) < 4.78 is 14.0. The van der Waals surface area contributed by atoms with Crippen LogP contribution in [0.2, 0.25) is 0 Å². The second-order valence-electron chi connectivity index (χ2n) is 9.30. The summed E-state index contributed by atoms with van der Waals surface area (Å²) in [5.74, 6) is 9.54. The zero-order valence-electron chi connectivity index (χ0n) is 20.1. The molecule has 2 aliphatic rings. The summed E-state index contributed by atoms with van der Waals surface area (Å²) in [7, 11) is 0. The van der Waals surface area contributed by atoms with Crippen molar-refractivity contribution in [1.82, 2.24) is 19.9 Å². The van der Waals surface area contributed by atoms with Gasteiger partial charge in [-0.15, -0.1) is 0 Å². The van der Waals surface area contributed by atoms with E-state index in [0.717, 1.165) is 78.3 Å². The number of benzene rings is 2. The monoisotopic (exact) mass is 479 g/mol. The summed E-state index contributed by atoms with van der Waals surface area (Å²) in [4.78, 5) is 9.01. The molecule has 6 rings (SSSR count). The molecular formula is C29H29N5O2. The van der Waals surface area contributed by atoms with Gasteiger partial charge in [0.15, 0.2) is 0 Å². The minimum absolute atomic E-state index is 0.161. The quantitative estimate of drug-likeness (QED) is 0.410. The maximum Gasteiger partial charge on any atom is 0.147 e. The number of nitrogens with zero attached hydrogens (tertiary/aromatic N) is 3. The van der Waals surface area contributed by atoms with Crippen molar-refractivity contribution in [3.63, 3.8) is 0 Å². The summed E-state index contributed by atoms with van der Waals surface area (Å²) in [6, 6.07) is 18.0. The maximum absolute atomic E-state index is 6.47. The molecule has 2 aromatic heterocycles. The lowest BCUT2D eigenvalue weighted by molar-refractivity contribution is 0.187. The zero-order valence-corrected chi connectivity index (χ0v) is 20.1. The van der Waals surface area contributed by atoms with E-state index in [1.807, 2.05) is 42.5 Å². The summed E-state index contributed by atoms with van der Waals surface area (Å²) in [6.07, 6.45) is 4.57. The lowest BCUT2D eigenvalue weighted by Gasteiger charge is -2.18. The van der Waals surface area contributed by atoms with Crippen LogP contribution in [-0.4, -0.2) is 40.8 Å². The number of ether oxygens (including phenoxy) is 2. The lowest BCUT2D eigenvalue weighted by Crippen LogP contribution is -2.27. The molecule has 182 valence electrons. The van der Waals surface area contributed by atoms with Crippen LogP contribution >= 0.6 is 0 Å². The normalized spacial score (nSPS) is 18.2. The first-order valence-electron chi connectivity index (χ1n) is 12.6. The molecule has 0 saturated carbocycles. The summed E-state index contributed by atoms with van der Waals surface area (Å²) >= 11 is 0. The van der Waals surface area contributed by atoms with Gasteiger partial charge in [-0.25, -0.2) is 9.97 Å². The Labute approximate surface area is 210 Å². The number of para-hydroxylation sites is 1. The second-order valence-corrected chi connectivity index (χ2v) is 9.30. The van der Waals surface area contributed by atoms with Gasteiger partial charge in [0.25, 0.3) is 0 Å². The molecule has 2 aromatic carbocycles. The number of rotatable bonds is 4. The van der Waals surface area contributed by atoms with Crippen LogP contribution in [0.5, 0.6) is 11.5 Å². The Morgan fingerprint density at radius 2 is 1.75 bits per heavy atom. The van der Waals surface area contributed by atoms with E-state index in [4.69, 9.17) is 15.2 Å². The minimum atomic E-state index is 0.161. The van der Waals surface area contributed by atoms with Crippen LogP contribution in [0, 0.1) is 17.8 Å². The molecule has 0 spiro atoms. The number of nitrogen functional groups attached to an aromatic ring is 1. The van der Waals surface area contributed by atoms with Gasteiger partial charge in [-0.1, -0.05) is 36.3 Å². The van der Waals surface area contributed by atoms with Gasteiger partial charge in [0.1, 0.15) is 35.0 Å². The molecule has 1 atom stereocenters. The van der Waals surface area contributed by atoms with Gasteiger partial charge in [-0.05, 0) is 68.1 Å². The third-order valence-corrected chi connectivity index (χ3v) is 6.94. The molecule has 3 N–H and O–H groups in total. The number of anilines is 1. The molecule has 2 fully saturated rings. The van der Waals surface area contributed by atoms with E-state index in [1.54, 1.807) is 0 Å². The Kier molecular flexibility index (Phi) is 6.29. The third kappa shape index (κ3) is 4.41. The number of aromatic nitrogens is 3. The smallest absolute Gasteiger partial charge is 0.147 e. The molecule has 36 heavy (non-hydrogen) atoms. The predicted octanol–water partition coefficient (Wildman–Crippen LogP) is 4.79. The number of hydrogen-bond donors (Lipinski definition) is 2. The minimum Gasteiger partial charge on any atom is -0.457 e. The number of fused-ring (bicyclic) bond motifs is 1. The highest BCUT2D eigenvalue weighted by Crippen LogP contribution is 2.40. The van der Waals surface area contributed by atoms with Gasteiger partial charge in [-0.2, -0.15) is 0 Å². The highest BCUT2D eigenvalue weighted by atomic mass is 16.5. The summed E-state index contributed by atoms with van der Waals surface area (Å²) in [5.41, 5.74) is 10.2. The van der Waals surface area contributed by atoms with Crippen LogP contribution in [0.1, 0.15) is 31.0 Å². The first-order chi connectivity index (χ1) is 17.8. The van der Waals surface area contributed by atoms with Crippen LogP contribution in [0.4, 0.5) is 5.82 Å². The number of piperidine rings is 1. The fraction of sp³-hybridized carbons (Fsp3) is 0.310. The van der Waals surface area contributed by atoms with E-state index < -0.39 is 0 Å². The molecule has 0 unspecified atom stereocenters. The molecular weight excluding hydrogens is 450 g/mol. The van der Waals surface area contributed by atoms with E-state index in [2.05, 4.69) is 43.8 Å². The van der Waals surface area contributed by atoms with Gasteiger partial charge in [-0.3, -0.25) is 0 Å². The third-order valence-electron chi connectivity index (χ3n) is 6.94. The number of nitrogens with two attached hydrogens (primary N) is 1. The van der Waals surface area contributed by atoms with Crippen molar-refractivity contribution in [1.29, 1.82) is 0 Å². The molecule has 4 aromatic rings. The summed E-state index contributed by atoms with van der Waals surface area (Å²) in [6.45, 7) is 3.38. The van der Waals surface area contributed by atoms with Crippen molar-refractivity contribution in [3.05, 3.63) is 66.6 Å². The van der Waals surface area contributed by atoms with Crippen LogP contribution in [0.3, 0.4) is 0 Å². The first-order valence-corrected chi connectivity index (χ1v) is 12.6. The van der Waals surface area contributed by atoms with Crippen molar-refractivity contribution in [3.8, 4) is 34.5 Å². The highest BCUT2D eigenvalue weighted by Gasteiger charge is 2.28. The lowest BCUT2D eigenvalue weighted by atomic mass is 9.97. The topological polar surface area (TPSA) is 87.2 Å². The highest BCUT2D eigenvalue weighted by molar-refractivity contribution is 6.03. The van der Waals surface area contributed by atoms with E-state index in [9.17, 15) is 0 Å². The SMILES string of the molecule is Nc1ncnc2c1c(-c1ccc(Oc3ccccc3)cc1)c(C#CC1CCNCC1)n2[C@H]1CCOC1. The van der Waals surface area contributed by atoms with Crippen LogP contribution in [0.15, 0.2) is 60.9 Å². The van der Waals surface area contributed by atoms with Crippen molar-refractivity contribution in [2.45, 2.75) is 25.3 Å². The second kappa shape index (κ2) is 10.0. The molecule has 0 aliphatic carbocycles. The van der Waals surface area contributed by atoms with Gasteiger partial charge in [0.05, 0.1) is 18.0 Å². The van der Waals surface area contributed by atoms with Gasteiger partial charge >= 0.3 is 0 Å². The fourth-order valence-electron chi connectivity index (χ4n) is 5.09. The van der Waals surface area contributed by atoms with E-state index >= 15 is 0 Å². The van der Waals surface area contributed by atoms with Crippen molar-refractivity contribution in [2.24, 2.45) is 5.92 Å². The van der Waals surface area contributed by atoms with Gasteiger partial charge in [0.2, 0.25) is 0 Å². The molecule has 0 radical (unpaired) electrons. The number of nitrogens with one attached hydrogen (secondary N) is 1. The maximum atomic E-state index is 6.47. The Balaban J connectivity index is 1.48. The first kappa shape index (κ1) is 22.6. The molecule has 0 amide bonds. The summed E-state index contributed by atoms with van der Waals surface area (Å²) in [5, 5.41) is 4.26. The van der Waals surface area contributed by atoms with Crippen molar-refractivity contribution in [2.75, 3.05) is 32.0 Å². The van der Waals surface area contributed by atoms with Crippen LogP contribution < -0.4 is 15.8 Å². The van der Waals surface area contributed by atoms with E-state index in [0.29, 0.717) is 18.3 Å². The standard InChI is InChI=1S/C29H29N5O2/c30-28-27-26(21-7-9-24(10-8-21)36-23-4-2-1-3-5-23)25(11-6-20-12-15-31-16-13-20)34(22-14-17-35-18-22)29(27)33-19-32-28/h1-5,7-10,19-20,22,31H,12-18H2,(H2,30,32,33)/t22-/m0/s1. The van der Waals surface area contributed by atoms with Crippen LogP contribution in [0.25, 0.3) is 22.2 Å². The Morgan fingerprint density at radius 1 is 0.972 bits per heavy atom. The van der Waals surface area contributed by atoms with Gasteiger partial charge in [0, 0.05) is 18.1 Å². The number of hydrogen-bond acceptors (Lipinski definition) is 6. The molecule has 0 bridgehead atoms. The fourth-order valence-corrected chi connectivity index (χ4v) is 5.09. The largest absolute Gasteiger partial charge is 0.457 e. The Hall–Kier alpha value is -3.86. The average Bonchev–Trinajstić information content (AvgIpc) is 3.56. The van der Waals surface area contributed by atoms with E-state index in [-0.39, 0.29) is 6.04 Å². The van der Waals surface area contributed by atoms with Gasteiger partial charge < -0.3 is 25.1 Å². The Bertz CT molecular complexity index is 1410. The zero-order chi connectivity index (χ0) is 24.3. The average molecular weight is 480 g/mol. The molecule has 4 heterocycles. The van der Waals surface area contributed by atoms with Crippen LogP contribution in [-0.2, 0) is 4.74 Å². The predicted molar refractivity (Wildman–Crippen MR) is 141 cm³/mol. The van der Waals surface area contributed by atoms with E-state index in [1.165, 1.54) is 6.33 Å². The molecule has 2 saturated heterocycles. The molecule has 7 heteroatoms. The molecule has 7 nitrogen and oxygen atoms in total. The van der Waals surface area contributed by atoms with Crippen molar-refractivity contribution >= 4 is 16.9 Å². The Morgan fingerprint density at radius 3 is 2.50 bits per heavy atom.